The van der Waals surface area contributed by atoms with Crippen LogP contribution in [0.2, 0.25) is 0 Å². The molecule has 0 spiro atoms. The average molecular weight is 601 g/mol. The molecular formula is C38H48O6. The van der Waals surface area contributed by atoms with E-state index in [1.54, 1.807) is 13.2 Å². The zero-order valence-corrected chi connectivity index (χ0v) is 26.7. The van der Waals surface area contributed by atoms with Crippen LogP contribution in [0.15, 0.2) is 36.4 Å². The van der Waals surface area contributed by atoms with Crippen molar-refractivity contribution in [2.75, 3.05) is 7.11 Å². The summed E-state index contributed by atoms with van der Waals surface area (Å²) in [6.45, 7) is 6.56. The number of hydrogen-bond donors (Lipinski definition) is 3. The molecule has 3 N–H and O–H groups in total. The number of aliphatic hydroxyl groups is 1. The lowest BCUT2D eigenvalue weighted by molar-refractivity contribution is 0.0200. The Morgan fingerprint density at radius 2 is 1.75 bits per heavy atom. The summed E-state index contributed by atoms with van der Waals surface area (Å²) in [6.07, 6.45) is 9.55. The van der Waals surface area contributed by atoms with E-state index in [2.05, 4.69) is 26.8 Å². The number of aliphatic hydroxyl groups excluding tert-OH is 1. The number of phenolic OH excluding ortho intramolecular Hbond substituents is 2. The van der Waals surface area contributed by atoms with Crippen molar-refractivity contribution in [3.8, 4) is 39.9 Å². The first-order valence-corrected chi connectivity index (χ1v) is 16.7. The molecule has 3 unspecified atom stereocenters. The van der Waals surface area contributed by atoms with Crippen LogP contribution in [0.25, 0.3) is 11.1 Å². The highest BCUT2D eigenvalue weighted by molar-refractivity contribution is 5.83. The van der Waals surface area contributed by atoms with Crippen molar-refractivity contribution < 1.29 is 29.5 Å². The van der Waals surface area contributed by atoms with E-state index < -0.39 is 12.2 Å². The van der Waals surface area contributed by atoms with E-state index in [1.165, 1.54) is 5.56 Å². The van der Waals surface area contributed by atoms with Crippen LogP contribution in [0, 0.1) is 5.92 Å². The number of unbranched alkanes of at least 4 members (excludes halogenated alkanes) is 2. The molecule has 0 amide bonds. The van der Waals surface area contributed by atoms with E-state index in [4.69, 9.17) is 14.2 Å². The second-order valence-electron chi connectivity index (χ2n) is 13.5. The maximum Gasteiger partial charge on any atom is 0.161 e. The molecule has 0 aromatic heterocycles. The van der Waals surface area contributed by atoms with Crippen LogP contribution in [0.5, 0.6) is 28.7 Å². The minimum absolute atomic E-state index is 0.110. The topological polar surface area (TPSA) is 88.4 Å². The largest absolute Gasteiger partial charge is 0.508 e. The van der Waals surface area contributed by atoms with Crippen LogP contribution >= 0.6 is 0 Å². The Morgan fingerprint density at radius 1 is 0.955 bits per heavy atom. The van der Waals surface area contributed by atoms with Gasteiger partial charge in [0.05, 0.1) is 19.3 Å². The molecule has 1 saturated carbocycles. The van der Waals surface area contributed by atoms with Crippen molar-refractivity contribution in [1.82, 2.24) is 0 Å². The smallest absolute Gasteiger partial charge is 0.161 e. The number of hydrogen-bond acceptors (Lipinski definition) is 6. The number of ether oxygens (including phenoxy) is 3. The lowest BCUT2D eigenvalue weighted by atomic mass is 9.72. The number of fused-ring (bicyclic) bond motifs is 5. The second-order valence-corrected chi connectivity index (χ2v) is 13.5. The van der Waals surface area contributed by atoms with Gasteiger partial charge in [-0.25, -0.2) is 0 Å². The number of aromatic hydroxyl groups is 2. The maximum atomic E-state index is 11.6. The highest BCUT2D eigenvalue weighted by atomic mass is 16.5. The molecule has 0 saturated heterocycles. The van der Waals surface area contributed by atoms with E-state index in [0.717, 1.165) is 109 Å². The minimum atomic E-state index is -0.766. The Balaban J connectivity index is 1.42. The molecule has 6 nitrogen and oxygen atoms in total. The van der Waals surface area contributed by atoms with Crippen LogP contribution in [0.3, 0.4) is 0 Å². The van der Waals surface area contributed by atoms with Crippen LogP contribution in [-0.4, -0.2) is 34.6 Å². The SMILES string of the molecule is CCCCCC1Cc2cc(O)c(CC(C)C)cc2-c2c(OC)cc3c(c21)CC(O)C(c1ccc(O)c(OC2CCCC2)c1)O3. The highest BCUT2D eigenvalue weighted by Crippen LogP contribution is 2.54. The summed E-state index contributed by atoms with van der Waals surface area (Å²) >= 11 is 0. The van der Waals surface area contributed by atoms with Crippen molar-refractivity contribution >= 4 is 0 Å². The summed E-state index contributed by atoms with van der Waals surface area (Å²) < 4.78 is 18.9. The van der Waals surface area contributed by atoms with Gasteiger partial charge in [0, 0.05) is 23.6 Å². The van der Waals surface area contributed by atoms with Crippen molar-refractivity contribution in [2.24, 2.45) is 5.92 Å². The third-order valence-corrected chi connectivity index (χ3v) is 9.78. The van der Waals surface area contributed by atoms with Gasteiger partial charge >= 0.3 is 0 Å². The van der Waals surface area contributed by atoms with E-state index in [1.807, 2.05) is 24.3 Å². The van der Waals surface area contributed by atoms with Crippen molar-refractivity contribution in [3.05, 3.63) is 64.2 Å². The molecule has 3 atom stereocenters. The molecule has 1 heterocycles. The zero-order chi connectivity index (χ0) is 31.0. The molecule has 0 bridgehead atoms. The van der Waals surface area contributed by atoms with Gasteiger partial charge in [-0.2, -0.15) is 0 Å². The Morgan fingerprint density at radius 3 is 2.48 bits per heavy atom. The first-order chi connectivity index (χ1) is 21.3. The van der Waals surface area contributed by atoms with Gasteiger partial charge in [0.1, 0.15) is 23.4 Å². The Bertz CT molecular complexity index is 1490. The van der Waals surface area contributed by atoms with Gasteiger partial charge in [0.15, 0.2) is 11.5 Å². The Kier molecular flexibility index (Phi) is 9.00. The van der Waals surface area contributed by atoms with E-state index >= 15 is 0 Å². The zero-order valence-electron chi connectivity index (χ0n) is 26.7. The summed E-state index contributed by atoms with van der Waals surface area (Å²) in [5, 5.41) is 33.1. The van der Waals surface area contributed by atoms with Gasteiger partial charge in [0.2, 0.25) is 0 Å². The molecule has 44 heavy (non-hydrogen) atoms. The third-order valence-electron chi connectivity index (χ3n) is 9.78. The summed E-state index contributed by atoms with van der Waals surface area (Å²) in [7, 11) is 1.71. The molecule has 3 aromatic carbocycles. The molecule has 3 aliphatic rings. The van der Waals surface area contributed by atoms with Crippen LogP contribution < -0.4 is 14.2 Å². The van der Waals surface area contributed by atoms with Gasteiger partial charge in [0.25, 0.3) is 0 Å². The molecule has 1 aliphatic heterocycles. The molecule has 6 heteroatoms. The predicted octanol–water partition coefficient (Wildman–Crippen LogP) is 8.55. The summed E-state index contributed by atoms with van der Waals surface area (Å²) in [6, 6.07) is 11.4. The van der Waals surface area contributed by atoms with Crippen LogP contribution in [-0.2, 0) is 19.3 Å². The lowest BCUT2D eigenvalue weighted by Gasteiger charge is -2.38. The first-order valence-electron chi connectivity index (χ1n) is 16.7. The monoisotopic (exact) mass is 600 g/mol. The summed E-state index contributed by atoms with van der Waals surface area (Å²) in [5.74, 6) is 3.08. The number of rotatable bonds is 10. The molecule has 0 radical (unpaired) electrons. The first kappa shape index (κ1) is 30.6. The van der Waals surface area contributed by atoms with Crippen molar-refractivity contribution in [2.45, 2.75) is 116 Å². The third kappa shape index (κ3) is 5.98. The molecule has 236 valence electrons. The number of methoxy groups -OCH3 is 1. The summed E-state index contributed by atoms with van der Waals surface area (Å²) in [5.41, 5.74) is 7.34. The average Bonchev–Trinajstić information content (AvgIpc) is 3.51. The number of benzene rings is 3. The highest BCUT2D eigenvalue weighted by Gasteiger charge is 2.38. The van der Waals surface area contributed by atoms with Gasteiger partial charge in [-0.05, 0) is 109 Å². The molecule has 2 aliphatic carbocycles. The van der Waals surface area contributed by atoms with Crippen LogP contribution in [0.4, 0.5) is 0 Å². The van der Waals surface area contributed by atoms with E-state index in [9.17, 15) is 15.3 Å². The molecular weight excluding hydrogens is 552 g/mol. The molecule has 3 aromatic rings. The number of phenols is 2. The van der Waals surface area contributed by atoms with Crippen LogP contribution in [0.1, 0.15) is 112 Å². The Hall–Kier alpha value is -3.38. The fourth-order valence-corrected chi connectivity index (χ4v) is 7.65. The minimum Gasteiger partial charge on any atom is -0.508 e. The fourth-order valence-electron chi connectivity index (χ4n) is 7.65. The fraction of sp³-hybridized carbons (Fsp3) is 0.526. The quantitative estimate of drug-likeness (QED) is 0.202. The summed E-state index contributed by atoms with van der Waals surface area (Å²) in [4.78, 5) is 0. The molecule has 1 fully saturated rings. The standard InChI is InChI=1S/C38H48O6/c1-5-6-7-10-23-16-25-18-31(40)26(15-22(2)3)17-28(25)37-35(42-4)21-33-29(36(23)37)20-32(41)38(44-33)24-13-14-30(39)34(19-24)43-27-11-8-9-12-27/h13-14,17-19,21-23,27,32,38-41H,5-12,15-16,20H2,1-4H3. The Labute approximate surface area is 262 Å². The maximum absolute atomic E-state index is 11.6. The van der Waals surface area contributed by atoms with Gasteiger partial charge in [-0.15, -0.1) is 0 Å². The predicted molar refractivity (Wildman–Crippen MR) is 173 cm³/mol. The van der Waals surface area contributed by atoms with E-state index in [0.29, 0.717) is 23.8 Å². The lowest BCUT2D eigenvalue weighted by Crippen LogP contribution is -2.32. The second kappa shape index (κ2) is 12.9. The van der Waals surface area contributed by atoms with Crippen molar-refractivity contribution in [1.29, 1.82) is 0 Å². The van der Waals surface area contributed by atoms with E-state index in [-0.39, 0.29) is 17.8 Å². The normalized spacial score (nSPS) is 21.0. The van der Waals surface area contributed by atoms with Crippen molar-refractivity contribution in [3.63, 3.8) is 0 Å². The van der Waals surface area contributed by atoms with Gasteiger partial charge < -0.3 is 29.5 Å². The molecule has 6 rings (SSSR count). The van der Waals surface area contributed by atoms with Gasteiger partial charge in [-0.1, -0.05) is 46.1 Å². The van der Waals surface area contributed by atoms with Gasteiger partial charge in [-0.3, -0.25) is 0 Å².